The van der Waals surface area contributed by atoms with Crippen molar-refractivity contribution >= 4 is 28.5 Å². The zero-order valence-corrected chi connectivity index (χ0v) is 11.1. The van der Waals surface area contributed by atoms with Crippen LogP contribution in [0.15, 0.2) is 54.7 Å². The van der Waals surface area contributed by atoms with E-state index in [2.05, 4.69) is 4.98 Å². The third kappa shape index (κ3) is 2.24. The van der Waals surface area contributed by atoms with E-state index in [9.17, 15) is 4.79 Å². The van der Waals surface area contributed by atoms with Crippen LogP contribution in [0.2, 0.25) is 5.02 Å². The Balaban J connectivity index is 2.28. The molecule has 3 aromatic rings. The van der Waals surface area contributed by atoms with Crippen molar-refractivity contribution in [2.75, 3.05) is 0 Å². The molecule has 20 heavy (non-hydrogen) atoms. The summed E-state index contributed by atoms with van der Waals surface area (Å²) in [7, 11) is 0. The second kappa shape index (κ2) is 4.94. The van der Waals surface area contributed by atoms with Crippen molar-refractivity contribution in [2.45, 2.75) is 0 Å². The largest absolute Gasteiger partial charge is 0.478 e. The molecule has 0 aliphatic rings. The predicted molar refractivity (Wildman–Crippen MR) is 79.1 cm³/mol. The molecule has 1 heterocycles. The summed E-state index contributed by atoms with van der Waals surface area (Å²) in [4.78, 5) is 15.4. The summed E-state index contributed by atoms with van der Waals surface area (Å²) >= 11 is 6.02. The minimum atomic E-state index is -0.993. The SMILES string of the molecule is O=C(O)c1cc(Cl)cc(-c2cccc3ncccc23)c1. The van der Waals surface area contributed by atoms with Crippen LogP contribution < -0.4 is 0 Å². The number of hydrogen-bond donors (Lipinski definition) is 1. The first kappa shape index (κ1) is 12.6. The minimum absolute atomic E-state index is 0.174. The van der Waals surface area contributed by atoms with Crippen molar-refractivity contribution in [1.29, 1.82) is 0 Å². The van der Waals surface area contributed by atoms with Gasteiger partial charge in [-0.1, -0.05) is 29.8 Å². The van der Waals surface area contributed by atoms with Crippen LogP contribution in [0, 0.1) is 0 Å². The van der Waals surface area contributed by atoms with Gasteiger partial charge in [0.15, 0.2) is 0 Å². The van der Waals surface area contributed by atoms with E-state index < -0.39 is 5.97 Å². The van der Waals surface area contributed by atoms with E-state index in [4.69, 9.17) is 16.7 Å². The van der Waals surface area contributed by atoms with Crippen molar-refractivity contribution in [3.8, 4) is 11.1 Å². The smallest absolute Gasteiger partial charge is 0.335 e. The van der Waals surface area contributed by atoms with Gasteiger partial charge in [-0.05, 0) is 41.5 Å². The molecule has 0 unspecified atom stereocenters. The zero-order chi connectivity index (χ0) is 14.1. The Morgan fingerprint density at radius 2 is 1.95 bits per heavy atom. The molecule has 4 heteroatoms. The normalized spacial score (nSPS) is 10.7. The van der Waals surface area contributed by atoms with Crippen LogP contribution in [0.25, 0.3) is 22.0 Å². The summed E-state index contributed by atoms with van der Waals surface area (Å²) in [6.45, 7) is 0. The lowest BCUT2D eigenvalue weighted by atomic mass is 9.99. The maximum absolute atomic E-state index is 11.1. The Hall–Kier alpha value is -2.39. The van der Waals surface area contributed by atoms with Crippen molar-refractivity contribution in [3.63, 3.8) is 0 Å². The first-order valence-electron chi connectivity index (χ1n) is 6.03. The maximum atomic E-state index is 11.1. The first-order valence-corrected chi connectivity index (χ1v) is 6.41. The minimum Gasteiger partial charge on any atom is -0.478 e. The molecule has 0 bridgehead atoms. The first-order chi connectivity index (χ1) is 9.65. The van der Waals surface area contributed by atoms with Gasteiger partial charge in [-0.15, -0.1) is 0 Å². The molecule has 1 aromatic heterocycles. The van der Waals surface area contributed by atoms with Crippen LogP contribution in [-0.4, -0.2) is 16.1 Å². The van der Waals surface area contributed by atoms with E-state index in [0.717, 1.165) is 22.0 Å². The molecule has 3 nitrogen and oxygen atoms in total. The average molecular weight is 284 g/mol. The van der Waals surface area contributed by atoms with Gasteiger partial charge in [0.25, 0.3) is 0 Å². The summed E-state index contributed by atoms with van der Waals surface area (Å²) in [5.41, 5.74) is 2.73. The Morgan fingerprint density at radius 1 is 1.10 bits per heavy atom. The number of nitrogens with zero attached hydrogens (tertiary/aromatic N) is 1. The van der Waals surface area contributed by atoms with E-state index in [1.165, 1.54) is 6.07 Å². The topological polar surface area (TPSA) is 50.2 Å². The van der Waals surface area contributed by atoms with Crippen LogP contribution in [0.3, 0.4) is 0 Å². The Morgan fingerprint density at radius 3 is 2.75 bits per heavy atom. The lowest BCUT2D eigenvalue weighted by Crippen LogP contribution is -1.96. The third-order valence-electron chi connectivity index (χ3n) is 3.10. The number of benzene rings is 2. The van der Waals surface area contributed by atoms with Gasteiger partial charge in [-0.25, -0.2) is 4.79 Å². The van der Waals surface area contributed by atoms with Crippen LogP contribution >= 0.6 is 11.6 Å². The van der Waals surface area contributed by atoms with Crippen molar-refractivity contribution < 1.29 is 9.90 Å². The van der Waals surface area contributed by atoms with E-state index in [1.807, 2.05) is 30.3 Å². The molecule has 98 valence electrons. The van der Waals surface area contributed by atoms with Crippen LogP contribution in [-0.2, 0) is 0 Å². The van der Waals surface area contributed by atoms with E-state index in [1.54, 1.807) is 18.3 Å². The van der Waals surface area contributed by atoms with Gasteiger partial charge in [0, 0.05) is 16.6 Å². The zero-order valence-electron chi connectivity index (χ0n) is 10.4. The van der Waals surface area contributed by atoms with Gasteiger partial charge < -0.3 is 5.11 Å². The number of rotatable bonds is 2. The summed E-state index contributed by atoms with van der Waals surface area (Å²) in [6, 6.07) is 14.4. The van der Waals surface area contributed by atoms with Crippen LogP contribution in [0.1, 0.15) is 10.4 Å². The molecule has 0 radical (unpaired) electrons. The molecule has 0 saturated heterocycles. The van der Waals surface area contributed by atoms with Crippen molar-refractivity contribution in [3.05, 3.63) is 65.3 Å². The molecule has 0 aliphatic carbocycles. The quantitative estimate of drug-likeness (QED) is 0.765. The number of aromatic nitrogens is 1. The Labute approximate surface area is 120 Å². The standard InChI is InChI=1S/C16H10ClNO2/c17-12-8-10(7-11(9-12)16(19)20)13-3-1-5-15-14(13)4-2-6-18-15/h1-9H,(H,19,20). The molecule has 0 aliphatic heterocycles. The highest BCUT2D eigenvalue weighted by Crippen LogP contribution is 2.30. The molecule has 0 saturated carbocycles. The number of fused-ring (bicyclic) bond motifs is 1. The van der Waals surface area contributed by atoms with Crippen LogP contribution in [0.4, 0.5) is 0 Å². The fourth-order valence-corrected chi connectivity index (χ4v) is 2.46. The highest BCUT2D eigenvalue weighted by molar-refractivity contribution is 6.31. The number of aromatic carboxylic acids is 1. The van der Waals surface area contributed by atoms with Gasteiger partial charge >= 0.3 is 5.97 Å². The maximum Gasteiger partial charge on any atom is 0.335 e. The molecular formula is C16H10ClNO2. The molecule has 0 atom stereocenters. The molecule has 0 amide bonds. The van der Waals surface area contributed by atoms with Gasteiger partial charge in [-0.3, -0.25) is 4.98 Å². The second-order valence-electron chi connectivity index (χ2n) is 4.41. The summed E-state index contributed by atoms with van der Waals surface area (Å²) < 4.78 is 0. The number of halogens is 1. The second-order valence-corrected chi connectivity index (χ2v) is 4.85. The third-order valence-corrected chi connectivity index (χ3v) is 3.32. The number of carboxylic acids is 1. The van der Waals surface area contributed by atoms with E-state index in [0.29, 0.717) is 5.02 Å². The molecule has 2 aromatic carbocycles. The highest BCUT2D eigenvalue weighted by atomic mass is 35.5. The molecule has 0 fully saturated rings. The fourth-order valence-electron chi connectivity index (χ4n) is 2.22. The Kier molecular flexibility index (Phi) is 3.12. The number of pyridine rings is 1. The van der Waals surface area contributed by atoms with Gasteiger partial charge in [0.05, 0.1) is 11.1 Å². The summed E-state index contributed by atoms with van der Waals surface area (Å²) in [5, 5.41) is 10.5. The lowest BCUT2D eigenvalue weighted by molar-refractivity contribution is 0.0697. The Bertz CT molecular complexity index is 809. The predicted octanol–water partition coefficient (Wildman–Crippen LogP) is 4.25. The summed E-state index contributed by atoms with van der Waals surface area (Å²) in [5.74, 6) is -0.993. The molecule has 3 rings (SSSR count). The molecular weight excluding hydrogens is 274 g/mol. The van der Waals surface area contributed by atoms with E-state index in [-0.39, 0.29) is 5.56 Å². The van der Waals surface area contributed by atoms with Gasteiger partial charge in [0.1, 0.15) is 0 Å². The monoisotopic (exact) mass is 283 g/mol. The molecule has 1 N–H and O–H groups in total. The van der Waals surface area contributed by atoms with Gasteiger partial charge in [0.2, 0.25) is 0 Å². The molecule has 0 spiro atoms. The number of carboxylic acid groups (broad SMARTS) is 1. The fraction of sp³-hybridized carbons (Fsp3) is 0. The number of carbonyl (C=O) groups is 1. The van der Waals surface area contributed by atoms with E-state index >= 15 is 0 Å². The van der Waals surface area contributed by atoms with Gasteiger partial charge in [-0.2, -0.15) is 0 Å². The van der Waals surface area contributed by atoms with Crippen LogP contribution in [0.5, 0.6) is 0 Å². The number of hydrogen-bond acceptors (Lipinski definition) is 2. The van der Waals surface area contributed by atoms with Crippen molar-refractivity contribution in [1.82, 2.24) is 4.98 Å². The highest BCUT2D eigenvalue weighted by Gasteiger charge is 2.10. The average Bonchev–Trinajstić information content (AvgIpc) is 2.46. The lowest BCUT2D eigenvalue weighted by Gasteiger charge is -2.08. The van der Waals surface area contributed by atoms with Crippen molar-refractivity contribution in [2.24, 2.45) is 0 Å². The summed E-state index contributed by atoms with van der Waals surface area (Å²) in [6.07, 6.45) is 1.73.